The number of ether oxygens (including phenoxy) is 2. The van der Waals surface area contributed by atoms with Gasteiger partial charge in [0.2, 0.25) is 5.60 Å². The molecule has 8 heteroatoms. The molecule has 1 N–H and O–H groups in total. The Morgan fingerprint density at radius 3 is 2.67 bits per heavy atom. The van der Waals surface area contributed by atoms with E-state index in [4.69, 9.17) is 37.8 Å². The summed E-state index contributed by atoms with van der Waals surface area (Å²) >= 11 is 13.0. The lowest BCUT2D eigenvalue weighted by Gasteiger charge is -2.32. The van der Waals surface area contributed by atoms with Gasteiger partial charge in [-0.25, -0.2) is 9.59 Å². The maximum Gasteiger partial charge on any atom is 0.347 e. The molecule has 0 heterocycles. The maximum absolute atomic E-state index is 12.1. The Bertz CT molecular complexity index is 978. The third-order valence-corrected chi connectivity index (χ3v) is 6.39. The van der Waals surface area contributed by atoms with Crippen LogP contribution in [0.3, 0.4) is 0 Å². The third-order valence-electron chi connectivity index (χ3n) is 5.54. The number of allylic oxidation sites excluding steroid dienone is 3. The molecule has 0 radical (unpaired) electrons. The molecule has 0 amide bonds. The molecule has 3 rings (SSSR count). The highest BCUT2D eigenvalue weighted by Crippen LogP contribution is 2.57. The molecule has 2 aliphatic rings. The number of carboxylic acid groups (broad SMARTS) is 1. The maximum atomic E-state index is 12.1. The topological polar surface area (TPSA) is 89.9 Å². The van der Waals surface area contributed by atoms with Crippen molar-refractivity contribution in [3.05, 3.63) is 46.0 Å². The first-order valence-corrected chi connectivity index (χ1v) is 10.2. The number of rotatable bonds is 7. The first kappa shape index (κ1) is 22.4. The SMILES string of the molecule is C=CCC12CCC(=O)C=C1c1c(cc(OCC(=O)OC(C)(C)C(=O)O)c(Cl)c1Cl)C2. The van der Waals surface area contributed by atoms with Gasteiger partial charge in [-0.3, -0.25) is 4.79 Å². The van der Waals surface area contributed by atoms with Crippen LogP contribution in [0.2, 0.25) is 10.0 Å². The van der Waals surface area contributed by atoms with Crippen LogP contribution in [0.5, 0.6) is 5.75 Å². The van der Waals surface area contributed by atoms with Gasteiger partial charge in [-0.1, -0.05) is 29.3 Å². The van der Waals surface area contributed by atoms with E-state index in [9.17, 15) is 14.4 Å². The number of benzene rings is 1. The molecular weight excluding hydrogens is 431 g/mol. The molecule has 0 bridgehead atoms. The number of esters is 1. The molecule has 0 saturated carbocycles. The Morgan fingerprint density at radius 2 is 2.03 bits per heavy atom. The quantitative estimate of drug-likeness (QED) is 0.478. The van der Waals surface area contributed by atoms with Gasteiger partial charge in [0.25, 0.3) is 0 Å². The Labute approximate surface area is 184 Å². The molecular formula is C22H22Cl2O6. The number of ketones is 1. The van der Waals surface area contributed by atoms with E-state index in [0.717, 1.165) is 16.7 Å². The molecule has 6 nitrogen and oxygen atoms in total. The van der Waals surface area contributed by atoms with Crippen LogP contribution in [0.25, 0.3) is 5.57 Å². The molecule has 0 fully saturated rings. The summed E-state index contributed by atoms with van der Waals surface area (Å²) in [5.41, 5.74) is 0.550. The molecule has 0 aromatic heterocycles. The van der Waals surface area contributed by atoms with Gasteiger partial charge in [0, 0.05) is 17.4 Å². The van der Waals surface area contributed by atoms with Crippen molar-refractivity contribution >= 4 is 46.5 Å². The summed E-state index contributed by atoms with van der Waals surface area (Å²) in [5, 5.41) is 9.44. The first-order valence-electron chi connectivity index (χ1n) is 9.46. The van der Waals surface area contributed by atoms with Crippen molar-refractivity contribution in [2.45, 2.75) is 45.1 Å². The summed E-state index contributed by atoms with van der Waals surface area (Å²) in [6.07, 6.45) is 5.98. The second-order valence-corrected chi connectivity index (χ2v) is 8.85. The zero-order valence-corrected chi connectivity index (χ0v) is 18.2. The fourth-order valence-corrected chi connectivity index (χ4v) is 4.53. The number of aliphatic carboxylic acids is 1. The smallest absolute Gasteiger partial charge is 0.347 e. The molecule has 30 heavy (non-hydrogen) atoms. The van der Waals surface area contributed by atoms with Crippen LogP contribution < -0.4 is 4.74 Å². The Balaban J connectivity index is 1.88. The summed E-state index contributed by atoms with van der Waals surface area (Å²) in [5.74, 6) is -1.87. The highest BCUT2D eigenvalue weighted by Gasteiger charge is 2.45. The Hall–Kier alpha value is -2.31. The van der Waals surface area contributed by atoms with E-state index in [1.165, 1.54) is 13.8 Å². The van der Waals surface area contributed by atoms with Crippen molar-refractivity contribution in [1.29, 1.82) is 0 Å². The first-order chi connectivity index (χ1) is 14.0. The lowest BCUT2D eigenvalue weighted by molar-refractivity contribution is -0.175. The summed E-state index contributed by atoms with van der Waals surface area (Å²) < 4.78 is 10.4. The van der Waals surface area contributed by atoms with Crippen LogP contribution >= 0.6 is 23.2 Å². The highest BCUT2D eigenvalue weighted by molar-refractivity contribution is 6.44. The Kier molecular flexibility index (Phi) is 6.03. The molecule has 1 atom stereocenters. The van der Waals surface area contributed by atoms with Gasteiger partial charge in [0.05, 0.1) is 5.02 Å². The number of carbonyl (C=O) groups excluding carboxylic acids is 2. The van der Waals surface area contributed by atoms with E-state index in [-0.39, 0.29) is 27.0 Å². The van der Waals surface area contributed by atoms with E-state index in [1.807, 2.05) is 6.08 Å². The second kappa shape index (κ2) is 8.08. The van der Waals surface area contributed by atoms with Gasteiger partial charge < -0.3 is 14.6 Å². The van der Waals surface area contributed by atoms with Crippen LogP contribution in [0, 0.1) is 5.41 Å². The van der Waals surface area contributed by atoms with Crippen molar-refractivity contribution in [2.75, 3.05) is 6.61 Å². The molecule has 2 aliphatic carbocycles. The number of hydrogen-bond acceptors (Lipinski definition) is 5. The predicted molar refractivity (Wildman–Crippen MR) is 113 cm³/mol. The van der Waals surface area contributed by atoms with E-state index in [0.29, 0.717) is 25.7 Å². The van der Waals surface area contributed by atoms with Gasteiger partial charge >= 0.3 is 11.9 Å². The summed E-state index contributed by atoms with van der Waals surface area (Å²) in [6, 6.07) is 1.72. The molecule has 0 aliphatic heterocycles. The zero-order valence-electron chi connectivity index (χ0n) is 16.7. The van der Waals surface area contributed by atoms with Gasteiger partial charge in [-0.2, -0.15) is 0 Å². The second-order valence-electron chi connectivity index (χ2n) is 8.09. The van der Waals surface area contributed by atoms with Crippen molar-refractivity contribution in [3.63, 3.8) is 0 Å². The van der Waals surface area contributed by atoms with Crippen LogP contribution in [-0.2, 0) is 25.5 Å². The van der Waals surface area contributed by atoms with E-state index in [1.54, 1.807) is 12.1 Å². The third kappa shape index (κ3) is 3.98. The van der Waals surface area contributed by atoms with Crippen molar-refractivity contribution in [1.82, 2.24) is 0 Å². The fraction of sp³-hybridized carbons (Fsp3) is 0.409. The number of halogens is 2. The van der Waals surface area contributed by atoms with E-state index in [2.05, 4.69) is 6.58 Å². The minimum Gasteiger partial charge on any atom is -0.480 e. The fourth-order valence-electron chi connectivity index (χ4n) is 4.01. The predicted octanol–water partition coefficient (Wildman–Crippen LogP) is 4.64. The van der Waals surface area contributed by atoms with Gasteiger partial charge in [0.15, 0.2) is 12.4 Å². The highest BCUT2D eigenvalue weighted by atomic mass is 35.5. The zero-order chi connectivity index (χ0) is 22.3. The van der Waals surface area contributed by atoms with Gasteiger partial charge in [-0.05, 0) is 56.4 Å². The van der Waals surface area contributed by atoms with E-state index < -0.39 is 24.1 Å². The number of carboxylic acids is 1. The normalized spacial score (nSPS) is 20.1. The number of fused-ring (bicyclic) bond motifs is 3. The lowest BCUT2D eigenvalue weighted by Crippen LogP contribution is -2.38. The van der Waals surface area contributed by atoms with Crippen molar-refractivity contribution < 1.29 is 29.0 Å². The van der Waals surface area contributed by atoms with Crippen LogP contribution in [0.15, 0.2) is 24.8 Å². The van der Waals surface area contributed by atoms with Crippen molar-refractivity contribution in [3.8, 4) is 5.75 Å². The molecule has 0 saturated heterocycles. The molecule has 1 unspecified atom stereocenters. The molecule has 160 valence electrons. The minimum atomic E-state index is -1.68. The van der Waals surface area contributed by atoms with Gasteiger partial charge in [0.1, 0.15) is 10.8 Å². The molecule has 1 aromatic carbocycles. The van der Waals surface area contributed by atoms with Crippen molar-refractivity contribution in [2.24, 2.45) is 5.41 Å². The van der Waals surface area contributed by atoms with Crippen LogP contribution in [0.4, 0.5) is 0 Å². The Morgan fingerprint density at radius 1 is 1.33 bits per heavy atom. The summed E-state index contributed by atoms with van der Waals surface area (Å²) in [6.45, 7) is 5.86. The minimum absolute atomic E-state index is 0.0499. The largest absolute Gasteiger partial charge is 0.480 e. The number of hydrogen-bond donors (Lipinski definition) is 1. The average molecular weight is 453 g/mol. The van der Waals surface area contributed by atoms with Crippen LogP contribution in [-0.4, -0.2) is 35.0 Å². The summed E-state index contributed by atoms with van der Waals surface area (Å²) in [7, 11) is 0. The van der Waals surface area contributed by atoms with E-state index >= 15 is 0 Å². The number of carbonyl (C=O) groups is 3. The van der Waals surface area contributed by atoms with Gasteiger partial charge in [-0.15, -0.1) is 6.58 Å². The standard InChI is InChI=1S/C22H22Cl2O6/c1-4-6-22-7-5-13(25)9-14(22)17-12(10-22)8-15(18(23)19(17)24)29-11-16(26)30-21(2,3)20(27)28/h4,8-9H,1,5-7,10-11H2,2-3H3,(H,27,28). The lowest BCUT2D eigenvalue weighted by atomic mass is 9.70. The molecule has 0 spiro atoms. The van der Waals surface area contributed by atoms with Crippen LogP contribution in [0.1, 0.15) is 44.2 Å². The molecule has 1 aromatic rings. The summed E-state index contributed by atoms with van der Waals surface area (Å²) in [4.78, 5) is 35.2. The monoisotopic (exact) mass is 452 g/mol. The average Bonchev–Trinajstić information content (AvgIpc) is 2.97.